The molecule has 1 saturated heterocycles. The van der Waals surface area contributed by atoms with Crippen LogP contribution in [0, 0.1) is 20.8 Å². The number of nitrogens with zero attached hydrogens (tertiary/aromatic N) is 3. The normalized spacial score (nSPS) is 13.5. The zero-order valence-electron chi connectivity index (χ0n) is 16.8. The SMILES string of the molecule is Cc1cc(C)cc(OCC(=O)NCCOc2cc(N3CCCC3)nc(C)n2)c1. The van der Waals surface area contributed by atoms with Crippen molar-refractivity contribution in [2.75, 3.05) is 37.7 Å². The van der Waals surface area contributed by atoms with Gasteiger partial charge in [0.2, 0.25) is 5.88 Å². The number of aromatic nitrogens is 2. The lowest BCUT2D eigenvalue weighted by Crippen LogP contribution is -2.32. The highest BCUT2D eigenvalue weighted by molar-refractivity contribution is 5.77. The van der Waals surface area contributed by atoms with Crippen LogP contribution in [-0.4, -0.2) is 48.7 Å². The first-order chi connectivity index (χ1) is 13.5. The Morgan fingerprint density at radius 3 is 2.46 bits per heavy atom. The van der Waals surface area contributed by atoms with Crippen LogP contribution in [0.25, 0.3) is 0 Å². The Bertz CT molecular complexity index is 799. The number of hydrogen-bond acceptors (Lipinski definition) is 6. The summed E-state index contributed by atoms with van der Waals surface area (Å²) in [4.78, 5) is 23.0. The van der Waals surface area contributed by atoms with E-state index in [0.29, 0.717) is 30.6 Å². The molecule has 0 unspecified atom stereocenters. The fourth-order valence-corrected chi connectivity index (χ4v) is 3.27. The van der Waals surface area contributed by atoms with E-state index in [1.54, 1.807) is 0 Å². The minimum atomic E-state index is -0.181. The number of anilines is 1. The van der Waals surface area contributed by atoms with Crippen LogP contribution >= 0.6 is 0 Å². The van der Waals surface area contributed by atoms with Crippen molar-refractivity contribution in [3.63, 3.8) is 0 Å². The van der Waals surface area contributed by atoms with Crippen molar-refractivity contribution in [3.05, 3.63) is 41.2 Å². The van der Waals surface area contributed by atoms with Gasteiger partial charge in [-0.2, -0.15) is 4.98 Å². The van der Waals surface area contributed by atoms with Gasteiger partial charge < -0.3 is 19.7 Å². The summed E-state index contributed by atoms with van der Waals surface area (Å²) in [5, 5.41) is 2.79. The van der Waals surface area contributed by atoms with Gasteiger partial charge in [-0.25, -0.2) is 4.98 Å². The van der Waals surface area contributed by atoms with Crippen molar-refractivity contribution in [2.24, 2.45) is 0 Å². The highest BCUT2D eigenvalue weighted by atomic mass is 16.5. The van der Waals surface area contributed by atoms with Gasteiger partial charge in [-0.3, -0.25) is 4.79 Å². The fraction of sp³-hybridized carbons (Fsp3) is 0.476. The van der Waals surface area contributed by atoms with Crippen molar-refractivity contribution in [1.29, 1.82) is 0 Å². The summed E-state index contributed by atoms with van der Waals surface area (Å²) < 4.78 is 11.3. The topological polar surface area (TPSA) is 76.6 Å². The molecule has 1 aliphatic rings. The van der Waals surface area contributed by atoms with Crippen molar-refractivity contribution < 1.29 is 14.3 Å². The van der Waals surface area contributed by atoms with E-state index in [1.807, 2.05) is 39.0 Å². The highest BCUT2D eigenvalue weighted by Crippen LogP contribution is 2.21. The second-order valence-corrected chi connectivity index (χ2v) is 7.12. The van der Waals surface area contributed by atoms with Gasteiger partial charge in [0.05, 0.1) is 6.54 Å². The predicted molar refractivity (Wildman–Crippen MR) is 108 cm³/mol. The number of amides is 1. The van der Waals surface area contributed by atoms with Crippen molar-refractivity contribution in [1.82, 2.24) is 15.3 Å². The molecule has 150 valence electrons. The van der Waals surface area contributed by atoms with Gasteiger partial charge in [0.25, 0.3) is 5.91 Å². The Hall–Kier alpha value is -2.83. The predicted octanol–water partition coefficient (Wildman–Crippen LogP) is 2.58. The number of carbonyl (C=O) groups is 1. The van der Waals surface area contributed by atoms with E-state index >= 15 is 0 Å². The summed E-state index contributed by atoms with van der Waals surface area (Å²) in [6.07, 6.45) is 2.38. The average Bonchev–Trinajstić information content (AvgIpc) is 3.17. The number of carbonyl (C=O) groups excluding carboxylic acids is 1. The molecule has 0 atom stereocenters. The number of aryl methyl sites for hydroxylation is 3. The minimum absolute atomic E-state index is 0.0192. The number of ether oxygens (including phenoxy) is 2. The molecule has 0 radical (unpaired) electrons. The molecular formula is C21H28N4O3. The number of rotatable bonds is 8. The van der Waals surface area contributed by atoms with Crippen LogP contribution in [0.15, 0.2) is 24.3 Å². The van der Waals surface area contributed by atoms with Crippen LogP contribution in [0.3, 0.4) is 0 Å². The monoisotopic (exact) mass is 384 g/mol. The zero-order chi connectivity index (χ0) is 19.9. The first-order valence-electron chi connectivity index (χ1n) is 9.71. The average molecular weight is 384 g/mol. The minimum Gasteiger partial charge on any atom is -0.484 e. The Kier molecular flexibility index (Phi) is 6.68. The largest absolute Gasteiger partial charge is 0.484 e. The molecule has 1 aliphatic heterocycles. The smallest absolute Gasteiger partial charge is 0.258 e. The molecule has 7 nitrogen and oxygen atoms in total. The van der Waals surface area contributed by atoms with Crippen molar-refractivity contribution >= 4 is 11.7 Å². The summed E-state index contributed by atoms with van der Waals surface area (Å²) in [5.74, 6) is 2.65. The summed E-state index contributed by atoms with van der Waals surface area (Å²) in [5.41, 5.74) is 2.22. The highest BCUT2D eigenvalue weighted by Gasteiger charge is 2.15. The summed E-state index contributed by atoms with van der Waals surface area (Å²) in [7, 11) is 0. The lowest BCUT2D eigenvalue weighted by Gasteiger charge is -2.17. The summed E-state index contributed by atoms with van der Waals surface area (Å²) in [6.45, 7) is 8.61. The third-order valence-corrected chi connectivity index (χ3v) is 4.47. The quantitative estimate of drug-likeness (QED) is 0.705. The first-order valence-corrected chi connectivity index (χ1v) is 9.71. The molecule has 2 aromatic rings. The number of nitrogens with one attached hydrogen (secondary N) is 1. The van der Waals surface area contributed by atoms with E-state index in [1.165, 1.54) is 12.8 Å². The third-order valence-electron chi connectivity index (χ3n) is 4.47. The summed E-state index contributed by atoms with van der Waals surface area (Å²) >= 11 is 0. The molecule has 7 heteroatoms. The van der Waals surface area contributed by atoms with E-state index in [2.05, 4.69) is 26.3 Å². The van der Waals surface area contributed by atoms with E-state index in [9.17, 15) is 4.79 Å². The zero-order valence-corrected chi connectivity index (χ0v) is 16.8. The number of hydrogen-bond donors (Lipinski definition) is 1. The van der Waals surface area contributed by atoms with Crippen molar-refractivity contribution in [2.45, 2.75) is 33.6 Å². The van der Waals surface area contributed by atoms with Crippen LogP contribution in [0.5, 0.6) is 11.6 Å². The third kappa shape index (κ3) is 5.84. The first kappa shape index (κ1) is 19.9. The molecule has 28 heavy (non-hydrogen) atoms. The molecular weight excluding hydrogens is 356 g/mol. The second kappa shape index (κ2) is 9.39. The molecule has 0 aliphatic carbocycles. The van der Waals surface area contributed by atoms with E-state index in [0.717, 1.165) is 30.0 Å². The molecule has 1 aromatic carbocycles. The van der Waals surface area contributed by atoms with Gasteiger partial charge in [0, 0.05) is 19.2 Å². The van der Waals surface area contributed by atoms with Crippen LogP contribution < -0.4 is 19.7 Å². The van der Waals surface area contributed by atoms with E-state index in [4.69, 9.17) is 9.47 Å². The van der Waals surface area contributed by atoms with Crippen LogP contribution in [-0.2, 0) is 4.79 Å². The molecule has 3 rings (SSSR count). The molecule has 1 aromatic heterocycles. The Morgan fingerprint density at radius 2 is 1.75 bits per heavy atom. The van der Waals surface area contributed by atoms with Gasteiger partial charge in [0.1, 0.15) is 24.0 Å². The maximum atomic E-state index is 12.0. The standard InChI is InChI=1S/C21H28N4O3/c1-15-10-16(2)12-18(11-15)28-14-20(26)22-6-9-27-21-13-19(23-17(3)24-21)25-7-4-5-8-25/h10-13H,4-9,14H2,1-3H3,(H,22,26). The van der Waals surface area contributed by atoms with Crippen LogP contribution in [0.2, 0.25) is 0 Å². The maximum Gasteiger partial charge on any atom is 0.258 e. The Morgan fingerprint density at radius 1 is 1.04 bits per heavy atom. The lowest BCUT2D eigenvalue weighted by molar-refractivity contribution is -0.123. The second-order valence-electron chi connectivity index (χ2n) is 7.12. The van der Waals surface area contributed by atoms with Gasteiger partial charge in [-0.15, -0.1) is 0 Å². The number of benzene rings is 1. The molecule has 2 heterocycles. The van der Waals surface area contributed by atoms with Gasteiger partial charge in [-0.1, -0.05) is 6.07 Å². The Labute approximate surface area is 166 Å². The molecule has 1 amide bonds. The lowest BCUT2D eigenvalue weighted by atomic mass is 10.1. The van der Waals surface area contributed by atoms with E-state index < -0.39 is 0 Å². The Balaban J connectivity index is 1.41. The van der Waals surface area contributed by atoms with E-state index in [-0.39, 0.29) is 12.5 Å². The van der Waals surface area contributed by atoms with Gasteiger partial charge in [-0.05, 0) is 56.9 Å². The molecule has 0 spiro atoms. The molecule has 1 fully saturated rings. The molecule has 0 bridgehead atoms. The van der Waals surface area contributed by atoms with Crippen LogP contribution in [0.1, 0.15) is 29.8 Å². The fourth-order valence-electron chi connectivity index (χ4n) is 3.27. The molecule has 0 saturated carbocycles. The van der Waals surface area contributed by atoms with Gasteiger partial charge in [0.15, 0.2) is 6.61 Å². The molecule has 1 N–H and O–H groups in total. The van der Waals surface area contributed by atoms with Crippen molar-refractivity contribution in [3.8, 4) is 11.6 Å². The van der Waals surface area contributed by atoms with Crippen LogP contribution in [0.4, 0.5) is 5.82 Å². The maximum absolute atomic E-state index is 12.0. The van der Waals surface area contributed by atoms with Gasteiger partial charge >= 0.3 is 0 Å². The summed E-state index contributed by atoms with van der Waals surface area (Å²) in [6, 6.07) is 7.76.